The topological polar surface area (TPSA) is 37.4 Å². The van der Waals surface area contributed by atoms with Crippen LogP contribution < -0.4 is 15.0 Å². The molecule has 0 amide bonds. The number of aromatic nitrogens is 1. The molecule has 1 N–H and O–H groups in total. The highest BCUT2D eigenvalue weighted by molar-refractivity contribution is 7.80. The fourth-order valence-electron chi connectivity index (χ4n) is 4.06. The summed E-state index contributed by atoms with van der Waals surface area (Å²) < 4.78 is 6.09. The summed E-state index contributed by atoms with van der Waals surface area (Å²) in [6, 6.07) is 24.3. The Hall–Kier alpha value is -3.22. The van der Waals surface area contributed by atoms with Crippen molar-refractivity contribution in [2.75, 3.05) is 4.90 Å². The van der Waals surface area contributed by atoms with E-state index in [0.29, 0.717) is 5.11 Å². The maximum Gasteiger partial charge on any atom is 0.174 e. The minimum atomic E-state index is -0.0241. The number of nitrogens with zero attached hydrogens (tertiary/aromatic N) is 2. The molecule has 0 aliphatic carbocycles. The predicted octanol–water partition coefficient (Wildman–Crippen LogP) is 6.73. The van der Waals surface area contributed by atoms with Crippen LogP contribution in [0.5, 0.6) is 11.5 Å². The van der Waals surface area contributed by atoms with E-state index >= 15 is 0 Å². The predicted molar refractivity (Wildman–Crippen MR) is 135 cm³/mol. The van der Waals surface area contributed by atoms with Crippen LogP contribution in [0.1, 0.15) is 33.8 Å². The van der Waals surface area contributed by atoms with Gasteiger partial charge in [0, 0.05) is 16.8 Å². The Morgan fingerprint density at radius 3 is 2.41 bits per heavy atom. The molecule has 160 valence electrons. The Morgan fingerprint density at radius 1 is 0.938 bits per heavy atom. The third-order valence-electron chi connectivity index (χ3n) is 5.70. The van der Waals surface area contributed by atoms with Crippen molar-refractivity contribution in [3.63, 3.8) is 0 Å². The number of aryl methyl sites for hydroxylation is 2. The Labute approximate surface area is 197 Å². The molecule has 0 spiro atoms. The van der Waals surface area contributed by atoms with Crippen molar-refractivity contribution in [2.24, 2.45) is 0 Å². The number of anilines is 1. The number of nitrogens with one attached hydrogen (secondary N) is 1. The fraction of sp³-hybridized carbons (Fsp3) is 0.154. The molecule has 0 bridgehead atoms. The third kappa shape index (κ3) is 3.87. The lowest BCUT2D eigenvalue weighted by Crippen LogP contribution is -2.29. The molecular formula is C26H23N3OS2. The summed E-state index contributed by atoms with van der Waals surface area (Å²) in [7, 11) is 0. The second-order valence-electron chi connectivity index (χ2n) is 7.83. The molecule has 4 nitrogen and oxygen atoms in total. The van der Waals surface area contributed by atoms with Crippen molar-refractivity contribution in [1.82, 2.24) is 10.3 Å². The smallest absolute Gasteiger partial charge is 0.174 e. The van der Waals surface area contributed by atoms with E-state index in [4.69, 9.17) is 17.0 Å². The zero-order valence-corrected chi connectivity index (χ0v) is 19.5. The maximum absolute atomic E-state index is 6.09. The van der Waals surface area contributed by atoms with Gasteiger partial charge in [0.2, 0.25) is 0 Å². The van der Waals surface area contributed by atoms with Gasteiger partial charge in [-0.15, -0.1) is 11.3 Å². The van der Waals surface area contributed by atoms with Crippen molar-refractivity contribution < 1.29 is 4.74 Å². The number of ether oxygens (including phenoxy) is 1. The summed E-state index contributed by atoms with van der Waals surface area (Å²) >= 11 is 7.57. The molecule has 2 aromatic carbocycles. The van der Waals surface area contributed by atoms with Crippen LogP contribution in [-0.4, -0.2) is 10.1 Å². The summed E-state index contributed by atoms with van der Waals surface area (Å²) in [4.78, 5) is 8.10. The number of rotatable bonds is 5. The first kappa shape index (κ1) is 20.7. The first-order valence-electron chi connectivity index (χ1n) is 10.5. The van der Waals surface area contributed by atoms with E-state index in [1.165, 1.54) is 10.4 Å². The van der Waals surface area contributed by atoms with Crippen molar-refractivity contribution in [1.29, 1.82) is 0 Å². The van der Waals surface area contributed by atoms with Gasteiger partial charge in [-0.3, -0.25) is 4.98 Å². The van der Waals surface area contributed by atoms with Crippen LogP contribution in [0.3, 0.4) is 0 Å². The van der Waals surface area contributed by atoms with Gasteiger partial charge in [-0.2, -0.15) is 0 Å². The number of para-hydroxylation sites is 1. The molecule has 6 heteroatoms. The monoisotopic (exact) mass is 457 g/mol. The standard InChI is InChI=1S/C26H23N3OS2/c1-17-7-3-4-9-22(17)30-20-12-10-19(11-13-20)29-24(25-18(2)14-16-32-25)23(28-26(29)31)21-8-5-6-15-27-21/h3-16,23-24H,1-2H3,(H,28,31)/t23-,24-/m1/s1. The lowest BCUT2D eigenvalue weighted by Gasteiger charge is -2.27. The van der Waals surface area contributed by atoms with E-state index in [0.717, 1.165) is 28.4 Å². The molecule has 1 saturated heterocycles. The van der Waals surface area contributed by atoms with Gasteiger partial charge in [-0.25, -0.2) is 0 Å². The molecule has 0 saturated carbocycles. The molecule has 5 rings (SSSR count). The summed E-state index contributed by atoms with van der Waals surface area (Å²) in [5.41, 5.74) is 4.37. The lowest BCUT2D eigenvalue weighted by molar-refractivity contribution is 0.479. The van der Waals surface area contributed by atoms with Gasteiger partial charge in [-0.1, -0.05) is 24.3 Å². The minimum Gasteiger partial charge on any atom is -0.457 e. The SMILES string of the molecule is Cc1ccccc1Oc1ccc(N2C(=S)N[C@H](c3ccccn3)[C@@H]2c2sccc2C)cc1. The van der Waals surface area contributed by atoms with Gasteiger partial charge in [0.05, 0.1) is 17.8 Å². The average Bonchev–Trinajstić information content (AvgIpc) is 3.39. The molecule has 32 heavy (non-hydrogen) atoms. The number of thiophene rings is 1. The van der Waals surface area contributed by atoms with E-state index in [9.17, 15) is 0 Å². The fourth-order valence-corrected chi connectivity index (χ4v) is 5.46. The van der Waals surface area contributed by atoms with Gasteiger partial charge >= 0.3 is 0 Å². The maximum atomic E-state index is 6.09. The van der Waals surface area contributed by atoms with Crippen LogP contribution in [0.2, 0.25) is 0 Å². The first-order valence-corrected chi connectivity index (χ1v) is 11.8. The van der Waals surface area contributed by atoms with Crippen molar-refractivity contribution in [2.45, 2.75) is 25.9 Å². The van der Waals surface area contributed by atoms with Gasteiger partial charge < -0.3 is 15.0 Å². The highest BCUT2D eigenvalue weighted by Gasteiger charge is 2.41. The molecule has 1 aliphatic heterocycles. The van der Waals surface area contributed by atoms with Gasteiger partial charge in [-0.05, 0) is 91.1 Å². The Morgan fingerprint density at radius 2 is 1.72 bits per heavy atom. The molecule has 0 unspecified atom stereocenters. The summed E-state index contributed by atoms with van der Waals surface area (Å²) in [5.74, 6) is 1.66. The zero-order valence-electron chi connectivity index (χ0n) is 17.9. The Bertz CT molecular complexity index is 1240. The number of thiocarbonyl (C=S) groups is 1. The van der Waals surface area contributed by atoms with E-state index in [2.05, 4.69) is 51.8 Å². The second kappa shape index (κ2) is 8.73. The Balaban J connectivity index is 1.49. The number of hydrogen-bond donors (Lipinski definition) is 1. The summed E-state index contributed by atoms with van der Waals surface area (Å²) in [6.45, 7) is 4.20. The number of benzene rings is 2. The lowest BCUT2D eigenvalue weighted by atomic mass is 10.0. The van der Waals surface area contributed by atoms with Crippen LogP contribution >= 0.6 is 23.6 Å². The second-order valence-corrected chi connectivity index (χ2v) is 9.16. The van der Waals surface area contributed by atoms with Crippen LogP contribution in [0, 0.1) is 13.8 Å². The normalized spacial score (nSPS) is 17.9. The average molecular weight is 458 g/mol. The highest BCUT2D eigenvalue weighted by Crippen LogP contribution is 2.44. The van der Waals surface area contributed by atoms with Crippen LogP contribution in [0.15, 0.2) is 84.4 Å². The molecule has 0 radical (unpaired) electrons. The van der Waals surface area contributed by atoms with Crippen molar-refractivity contribution >= 4 is 34.4 Å². The first-order chi connectivity index (χ1) is 15.6. The zero-order chi connectivity index (χ0) is 22.1. The molecule has 3 heterocycles. The summed E-state index contributed by atoms with van der Waals surface area (Å²) in [5, 5.41) is 6.35. The third-order valence-corrected chi connectivity index (χ3v) is 7.11. The van der Waals surface area contributed by atoms with E-state index < -0.39 is 0 Å². The van der Waals surface area contributed by atoms with Gasteiger partial charge in [0.1, 0.15) is 11.5 Å². The van der Waals surface area contributed by atoms with E-state index in [1.807, 2.05) is 61.7 Å². The van der Waals surface area contributed by atoms with Crippen LogP contribution in [0.25, 0.3) is 0 Å². The van der Waals surface area contributed by atoms with Crippen LogP contribution in [0.4, 0.5) is 5.69 Å². The van der Waals surface area contributed by atoms with Crippen molar-refractivity contribution in [3.8, 4) is 11.5 Å². The minimum absolute atomic E-state index is 0.0241. The Kier molecular flexibility index (Phi) is 5.64. The summed E-state index contributed by atoms with van der Waals surface area (Å²) in [6.07, 6.45) is 1.83. The van der Waals surface area contributed by atoms with E-state index in [1.54, 1.807) is 11.3 Å². The van der Waals surface area contributed by atoms with Gasteiger partial charge in [0.15, 0.2) is 5.11 Å². The molecule has 1 fully saturated rings. The van der Waals surface area contributed by atoms with Crippen molar-refractivity contribution in [3.05, 3.63) is 106 Å². The molecule has 1 aliphatic rings. The highest BCUT2D eigenvalue weighted by atomic mass is 32.1. The number of hydrogen-bond acceptors (Lipinski definition) is 4. The largest absolute Gasteiger partial charge is 0.457 e. The quantitative estimate of drug-likeness (QED) is 0.336. The molecule has 2 aromatic heterocycles. The molecular weight excluding hydrogens is 434 g/mol. The van der Waals surface area contributed by atoms with Gasteiger partial charge in [0.25, 0.3) is 0 Å². The molecule has 2 atom stereocenters. The van der Waals surface area contributed by atoms with E-state index in [-0.39, 0.29) is 12.1 Å². The van der Waals surface area contributed by atoms with Crippen LogP contribution in [-0.2, 0) is 0 Å². The molecule has 4 aromatic rings. The number of pyridine rings is 1.